The van der Waals surface area contributed by atoms with E-state index in [1.165, 1.54) is 6.07 Å². The first-order valence-corrected chi connectivity index (χ1v) is 7.25. The largest absolute Gasteiger partial charge is 0.451 e. The molecule has 0 aliphatic heterocycles. The molecule has 0 saturated heterocycles. The van der Waals surface area contributed by atoms with Crippen LogP contribution < -0.4 is 10.6 Å². The zero-order chi connectivity index (χ0) is 15.6. The van der Waals surface area contributed by atoms with Crippen LogP contribution in [-0.4, -0.2) is 23.1 Å². The van der Waals surface area contributed by atoms with Crippen LogP contribution in [-0.2, 0) is 6.18 Å². The van der Waals surface area contributed by atoms with Crippen LogP contribution in [0.4, 0.5) is 24.8 Å². The van der Waals surface area contributed by atoms with Crippen molar-refractivity contribution in [2.75, 3.05) is 17.7 Å². The van der Waals surface area contributed by atoms with E-state index in [1.54, 1.807) is 11.9 Å². The Hall–Kier alpha value is -1.53. The molecule has 1 saturated carbocycles. The lowest BCUT2D eigenvalue weighted by molar-refractivity contribution is -0.144. The topological polar surface area (TPSA) is 55.0 Å². The summed E-state index contributed by atoms with van der Waals surface area (Å²) in [5.74, 6) is -0.348. The highest BCUT2D eigenvalue weighted by Gasteiger charge is 2.36. The van der Waals surface area contributed by atoms with Crippen molar-refractivity contribution < 1.29 is 13.2 Å². The second kappa shape index (κ2) is 6.07. The number of nitrogens with zero attached hydrogens (tertiary/aromatic N) is 3. The van der Waals surface area contributed by atoms with Gasteiger partial charge in [0.05, 0.1) is 0 Å². The maximum atomic E-state index is 12.8. The van der Waals surface area contributed by atoms with Crippen LogP contribution in [0.25, 0.3) is 0 Å². The summed E-state index contributed by atoms with van der Waals surface area (Å²) in [6, 6.07) is 1.62. The number of anilines is 2. The quantitative estimate of drug-likeness (QED) is 0.928. The number of halogens is 3. The van der Waals surface area contributed by atoms with Gasteiger partial charge in [-0.15, -0.1) is 0 Å². The fourth-order valence-electron chi connectivity index (χ4n) is 2.89. The van der Waals surface area contributed by atoms with Crippen molar-refractivity contribution in [3.8, 4) is 0 Å². The normalized spacial score (nSPS) is 23.1. The Bertz CT molecular complexity index is 482. The average molecular weight is 302 g/mol. The Morgan fingerprint density at radius 3 is 2.38 bits per heavy atom. The smallest absolute Gasteiger partial charge is 0.384 e. The first kappa shape index (κ1) is 15.9. The van der Waals surface area contributed by atoms with E-state index in [9.17, 15) is 13.2 Å². The molecule has 2 rings (SSSR count). The molecule has 0 amide bonds. The van der Waals surface area contributed by atoms with Gasteiger partial charge < -0.3 is 10.6 Å². The van der Waals surface area contributed by atoms with Crippen molar-refractivity contribution in [1.82, 2.24) is 9.97 Å². The van der Waals surface area contributed by atoms with Crippen LogP contribution in [0.2, 0.25) is 0 Å². The minimum Gasteiger partial charge on any atom is -0.384 e. The molecular weight excluding hydrogens is 281 g/mol. The third kappa shape index (κ3) is 3.77. The van der Waals surface area contributed by atoms with Gasteiger partial charge in [0.2, 0.25) is 5.82 Å². The van der Waals surface area contributed by atoms with Gasteiger partial charge in [0.25, 0.3) is 0 Å². The Balaban J connectivity index is 2.16. The lowest BCUT2D eigenvalue weighted by atomic mass is 9.84. The van der Waals surface area contributed by atoms with Gasteiger partial charge in [-0.1, -0.05) is 13.3 Å². The summed E-state index contributed by atoms with van der Waals surface area (Å²) >= 11 is 0. The molecule has 0 atom stereocenters. The fraction of sp³-hybridized carbons (Fsp3) is 0.714. The maximum absolute atomic E-state index is 12.8. The van der Waals surface area contributed by atoms with Gasteiger partial charge in [-0.25, -0.2) is 9.97 Å². The van der Waals surface area contributed by atoms with Crippen molar-refractivity contribution in [3.63, 3.8) is 0 Å². The molecule has 0 aromatic carbocycles. The summed E-state index contributed by atoms with van der Waals surface area (Å²) in [5, 5.41) is 0. The van der Waals surface area contributed by atoms with Gasteiger partial charge in [0.1, 0.15) is 11.6 Å². The number of alkyl halides is 3. The summed E-state index contributed by atoms with van der Waals surface area (Å²) in [4.78, 5) is 8.71. The first-order valence-electron chi connectivity index (χ1n) is 7.25. The van der Waals surface area contributed by atoms with Gasteiger partial charge >= 0.3 is 6.18 Å². The molecule has 1 aromatic rings. The van der Waals surface area contributed by atoms with Crippen molar-refractivity contribution in [3.05, 3.63) is 11.9 Å². The van der Waals surface area contributed by atoms with E-state index in [2.05, 4.69) is 16.9 Å². The molecule has 1 heterocycles. The van der Waals surface area contributed by atoms with E-state index >= 15 is 0 Å². The second-order valence-electron chi connectivity index (χ2n) is 5.67. The zero-order valence-corrected chi connectivity index (χ0v) is 12.3. The minimum absolute atomic E-state index is 0.151. The molecule has 2 N–H and O–H groups in total. The molecule has 0 bridgehead atoms. The molecule has 21 heavy (non-hydrogen) atoms. The van der Waals surface area contributed by atoms with Crippen LogP contribution in [0.3, 0.4) is 0 Å². The number of rotatable bonds is 3. The average Bonchev–Trinajstić information content (AvgIpc) is 2.45. The van der Waals surface area contributed by atoms with Gasteiger partial charge in [-0.3, -0.25) is 0 Å². The molecular formula is C14H21F3N4. The summed E-state index contributed by atoms with van der Waals surface area (Å²) in [6.07, 6.45) is 0.747. The first-order chi connectivity index (χ1) is 9.81. The van der Waals surface area contributed by atoms with Crippen LogP contribution in [0.5, 0.6) is 0 Å². The Morgan fingerprint density at radius 2 is 1.86 bits per heavy atom. The van der Waals surface area contributed by atoms with Gasteiger partial charge in [0, 0.05) is 19.2 Å². The zero-order valence-electron chi connectivity index (χ0n) is 12.3. The Morgan fingerprint density at radius 1 is 1.24 bits per heavy atom. The van der Waals surface area contributed by atoms with Crippen LogP contribution in [0.15, 0.2) is 6.07 Å². The predicted molar refractivity (Wildman–Crippen MR) is 75.9 cm³/mol. The van der Waals surface area contributed by atoms with Crippen LogP contribution in [0.1, 0.15) is 44.9 Å². The number of aromatic nitrogens is 2. The lowest BCUT2D eigenvalue weighted by Gasteiger charge is -2.35. The highest BCUT2D eigenvalue weighted by atomic mass is 19.4. The van der Waals surface area contributed by atoms with E-state index in [1.807, 2.05) is 0 Å². The molecule has 0 radical (unpaired) electrons. The van der Waals surface area contributed by atoms with E-state index in [0.29, 0.717) is 0 Å². The number of hydrogen-bond donors (Lipinski definition) is 1. The molecule has 0 unspecified atom stereocenters. The van der Waals surface area contributed by atoms with E-state index in [-0.39, 0.29) is 17.7 Å². The van der Waals surface area contributed by atoms with Crippen LogP contribution in [0, 0.1) is 5.92 Å². The summed E-state index contributed by atoms with van der Waals surface area (Å²) in [5.41, 5.74) is 5.49. The molecule has 1 aromatic heterocycles. The van der Waals surface area contributed by atoms with Crippen molar-refractivity contribution in [2.24, 2.45) is 5.92 Å². The molecule has 118 valence electrons. The Labute approximate surface area is 122 Å². The number of nitrogens with two attached hydrogens (primary N) is 1. The highest BCUT2D eigenvalue weighted by Crippen LogP contribution is 2.32. The maximum Gasteiger partial charge on any atom is 0.451 e. The predicted octanol–water partition coefficient (Wildman–Crippen LogP) is 3.48. The van der Waals surface area contributed by atoms with Crippen molar-refractivity contribution >= 4 is 11.6 Å². The summed E-state index contributed by atoms with van der Waals surface area (Å²) in [6.45, 7) is 2.18. The van der Waals surface area contributed by atoms with Crippen molar-refractivity contribution in [1.29, 1.82) is 0 Å². The Kier molecular flexibility index (Phi) is 4.58. The summed E-state index contributed by atoms with van der Waals surface area (Å²) < 4.78 is 38.3. The highest BCUT2D eigenvalue weighted by molar-refractivity contribution is 5.47. The molecule has 1 aliphatic carbocycles. The van der Waals surface area contributed by atoms with E-state index < -0.39 is 12.0 Å². The fourth-order valence-corrected chi connectivity index (χ4v) is 2.89. The molecule has 4 nitrogen and oxygen atoms in total. The molecule has 1 fully saturated rings. The third-order valence-corrected chi connectivity index (χ3v) is 4.29. The second-order valence-corrected chi connectivity index (χ2v) is 5.67. The van der Waals surface area contributed by atoms with Crippen LogP contribution >= 0.6 is 0 Å². The van der Waals surface area contributed by atoms with Gasteiger partial charge in [-0.2, -0.15) is 13.2 Å². The molecule has 0 spiro atoms. The molecule has 1 aliphatic rings. The van der Waals surface area contributed by atoms with Crippen molar-refractivity contribution in [2.45, 2.75) is 51.2 Å². The standard InChI is InChI=1S/C14H21F3N4/c1-3-9-4-6-10(7-5-9)21(2)12-8-11(18)19-13(20-12)14(15,16)17/h8-10H,3-7H2,1-2H3,(H2,18,19,20). The summed E-state index contributed by atoms with van der Waals surface area (Å²) in [7, 11) is 1.78. The van der Waals surface area contributed by atoms with E-state index in [0.717, 1.165) is 38.0 Å². The van der Waals surface area contributed by atoms with Gasteiger partial charge in [-0.05, 0) is 31.6 Å². The molecule has 7 heteroatoms. The number of hydrogen-bond acceptors (Lipinski definition) is 4. The SMILES string of the molecule is CCC1CCC(N(C)c2cc(N)nc(C(F)(F)F)n2)CC1. The third-order valence-electron chi connectivity index (χ3n) is 4.29. The minimum atomic E-state index is -4.58. The monoisotopic (exact) mass is 302 g/mol. The lowest BCUT2D eigenvalue weighted by Crippen LogP contribution is -2.36. The van der Waals surface area contributed by atoms with Gasteiger partial charge in [0.15, 0.2) is 0 Å². The van der Waals surface area contributed by atoms with E-state index in [4.69, 9.17) is 5.73 Å². The number of nitrogen functional groups attached to an aromatic ring is 1.